The highest BCUT2D eigenvalue weighted by Crippen LogP contribution is 2.26. The summed E-state index contributed by atoms with van der Waals surface area (Å²) in [5.41, 5.74) is 1.08. The molecule has 0 spiro atoms. The molecule has 29 heavy (non-hydrogen) atoms. The summed E-state index contributed by atoms with van der Waals surface area (Å²) in [5.74, 6) is -0.230. The SMILES string of the molecule is O=C(Oc1ccc2nc(-c3ccccn3)oc2c1)c1cc2ccccc2oc1=O. The maximum Gasteiger partial charge on any atom is 0.351 e. The van der Waals surface area contributed by atoms with E-state index in [0.717, 1.165) is 0 Å². The Morgan fingerprint density at radius 3 is 2.62 bits per heavy atom. The minimum absolute atomic E-state index is 0.185. The molecular formula is C22H12N2O5. The Labute approximate surface area is 163 Å². The molecular weight excluding hydrogens is 372 g/mol. The van der Waals surface area contributed by atoms with E-state index in [1.807, 2.05) is 6.07 Å². The third kappa shape index (κ3) is 3.14. The van der Waals surface area contributed by atoms with Crippen molar-refractivity contribution in [3.05, 3.63) is 88.9 Å². The first kappa shape index (κ1) is 16.9. The van der Waals surface area contributed by atoms with Gasteiger partial charge in [0.25, 0.3) is 0 Å². The number of carbonyl (C=O) groups excluding carboxylic acids is 1. The van der Waals surface area contributed by atoms with Crippen LogP contribution in [0.3, 0.4) is 0 Å². The van der Waals surface area contributed by atoms with Crippen LogP contribution in [-0.4, -0.2) is 15.9 Å². The topological polar surface area (TPSA) is 95.4 Å². The Balaban J connectivity index is 1.46. The Morgan fingerprint density at radius 1 is 0.897 bits per heavy atom. The van der Waals surface area contributed by atoms with Crippen LogP contribution in [0, 0.1) is 0 Å². The van der Waals surface area contributed by atoms with Gasteiger partial charge in [0.05, 0.1) is 0 Å². The van der Waals surface area contributed by atoms with Crippen LogP contribution in [0.5, 0.6) is 5.75 Å². The third-order valence-electron chi connectivity index (χ3n) is 4.32. The molecule has 0 fully saturated rings. The number of hydrogen-bond donors (Lipinski definition) is 0. The number of oxazole rings is 1. The largest absolute Gasteiger partial charge is 0.435 e. The lowest BCUT2D eigenvalue weighted by Crippen LogP contribution is -2.18. The van der Waals surface area contributed by atoms with Crippen molar-refractivity contribution >= 4 is 28.0 Å². The molecule has 7 heteroatoms. The first-order valence-corrected chi connectivity index (χ1v) is 8.74. The molecule has 0 amide bonds. The Kier molecular flexibility index (Phi) is 3.91. The zero-order chi connectivity index (χ0) is 19.8. The molecule has 0 bridgehead atoms. The van der Waals surface area contributed by atoms with Gasteiger partial charge in [0.15, 0.2) is 5.58 Å². The predicted molar refractivity (Wildman–Crippen MR) is 105 cm³/mol. The van der Waals surface area contributed by atoms with Gasteiger partial charge in [-0.05, 0) is 36.4 Å². The molecule has 5 aromatic rings. The lowest BCUT2D eigenvalue weighted by molar-refractivity contribution is 0.0730. The van der Waals surface area contributed by atoms with Gasteiger partial charge in [-0.3, -0.25) is 4.98 Å². The minimum atomic E-state index is -0.812. The third-order valence-corrected chi connectivity index (χ3v) is 4.32. The summed E-state index contributed by atoms with van der Waals surface area (Å²) < 4.78 is 16.3. The van der Waals surface area contributed by atoms with Gasteiger partial charge >= 0.3 is 11.6 Å². The molecule has 0 saturated heterocycles. The molecule has 0 aliphatic carbocycles. The molecule has 3 aromatic heterocycles. The normalized spacial score (nSPS) is 11.0. The van der Waals surface area contributed by atoms with E-state index in [2.05, 4.69) is 9.97 Å². The molecule has 3 heterocycles. The molecule has 0 unspecified atom stereocenters. The van der Waals surface area contributed by atoms with Crippen LogP contribution in [0.4, 0.5) is 0 Å². The molecule has 0 atom stereocenters. The van der Waals surface area contributed by atoms with Crippen molar-refractivity contribution in [3.63, 3.8) is 0 Å². The van der Waals surface area contributed by atoms with Crippen LogP contribution in [0.25, 0.3) is 33.7 Å². The van der Waals surface area contributed by atoms with Gasteiger partial charge in [-0.15, -0.1) is 0 Å². The van der Waals surface area contributed by atoms with E-state index in [9.17, 15) is 9.59 Å². The second kappa shape index (κ2) is 6.72. The average molecular weight is 384 g/mol. The number of hydrogen-bond acceptors (Lipinski definition) is 7. The van der Waals surface area contributed by atoms with Gasteiger partial charge in [0, 0.05) is 17.6 Å². The van der Waals surface area contributed by atoms with Gasteiger partial charge in [0.2, 0.25) is 5.89 Å². The van der Waals surface area contributed by atoms with E-state index in [1.165, 1.54) is 12.1 Å². The van der Waals surface area contributed by atoms with Crippen molar-refractivity contribution < 1.29 is 18.4 Å². The second-order valence-corrected chi connectivity index (χ2v) is 6.24. The first-order chi connectivity index (χ1) is 14.2. The van der Waals surface area contributed by atoms with Gasteiger partial charge in [-0.25, -0.2) is 14.6 Å². The zero-order valence-corrected chi connectivity index (χ0v) is 14.9. The summed E-state index contributed by atoms with van der Waals surface area (Å²) in [6, 6.07) is 18.6. The van der Waals surface area contributed by atoms with Crippen LogP contribution in [0.2, 0.25) is 0 Å². The van der Waals surface area contributed by atoms with E-state index in [-0.39, 0.29) is 11.3 Å². The second-order valence-electron chi connectivity index (χ2n) is 6.24. The molecule has 0 saturated carbocycles. The Morgan fingerprint density at radius 2 is 1.76 bits per heavy atom. The highest BCUT2D eigenvalue weighted by atomic mass is 16.5. The number of fused-ring (bicyclic) bond motifs is 2. The molecule has 0 radical (unpaired) electrons. The fourth-order valence-electron chi connectivity index (χ4n) is 2.93. The minimum Gasteiger partial charge on any atom is -0.435 e. The van der Waals surface area contributed by atoms with E-state index in [4.69, 9.17) is 13.6 Å². The van der Waals surface area contributed by atoms with Crippen molar-refractivity contribution in [1.29, 1.82) is 0 Å². The summed E-state index contributed by atoms with van der Waals surface area (Å²) in [7, 11) is 0. The molecule has 0 N–H and O–H groups in total. The Hall–Kier alpha value is -4.26. The number of aromatic nitrogens is 2. The van der Waals surface area contributed by atoms with Crippen molar-refractivity contribution in [1.82, 2.24) is 9.97 Å². The summed E-state index contributed by atoms with van der Waals surface area (Å²) >= 11 is 0. The molecule has 5 rings (SSSR count). The maximum atomic E-state index is 12.5. The standard InChI is InChI=1S/C22H12N2O5/c25-21(15-11-13-5-1-2-7-18(13)29-22(15)26)27-14-8-9-16-19(12-14)28-20(24-16)17-6-3-4-10-23-17/h1-12H. The lowest BCUT2D eigenvalue weighted by Gasteiger charge is -2.04. The summed E-state index contributed by atoms with van der Waals surface area (Å²) in [6.07, 6.45) is 1.65. The number of para-hydroxylation sites is 1. The lowest BCUT2D eigenvalue weighted by atomic mass is 10.2. The van der Waals surface area contributed by atoms with Crippen molar-refractivity contribution in [3.8, 4) is 17.3 Å². The van der Waals surface area contributed by atoms with Gasteiger partial charge in [-0.2, -0.15) is 0 Å². The highest BCUT2D eigenvalue weighted by molar-refractivity contribution is 5.94. The number of rotatable bonds is 3. The summed E-state index contributed by atoms with van der Waals surface area (Å²) in [5, 5.41) is 0.629. The smallest absolute Gasteiger partial charge is 0.351 e. The molecule has 7 nitrogen and oxygen atoms in total. The van der Waals surface area contributed by atoms with Crippen LogP contribution in [0.15, 0.2) is 86.6 Å². The number of pyridine rings is 1. The number of benzene rings is 2. The highest BCUT2D eigenvalue weighted by Gasteiger charge is 2.17. The molecule has 2 aromatic carbocycles. The summed E-state index contributed by atoms with van der Waals surface area (Å²) in [6.45, 7) is 0. The van der Waals surface area contributed by atoms with E-state index in [0.29, 0.717) is 33.7 Å². The number of carbonyl (C=O) groups is 1. The number of esters is 1. The van der Waals surface area contributed by atoms with Gasteiger partial charge in [0.1, 0.15) is 28.1 Å². The van der Waals surface area contributed by atoms with Crippen LogP contribution in [-0.2, 0) is 0 Å². The molecule has 0 aliphatic heterocycles. The van der Waals surface area contributed by atoms with Crippen LogP contribution >= 0.6 is 0 Å². The number of nitrogens with zero attached hydrogens (tertiary/aromatic N) is 2. The van der Waals surface area contributed by atoms with Crippen molar-refractivity contribution in [2.45, 2.75) is 0 Å². The fraction of sp³-hybridized carbons (Fsp3) is 0. The van der Waals surface area contributed by atoms with E-state index in [1.54, 1.807) is 54.7 Å². The predicted octanol–water partition coefficient (Wildman–Crippen LogP) is 4.22. The fourth-order valence-corrected chi connectivity index (χ4v) is 2.93. The van der Waals surface area contributed by atoms with Gasteiger partial charge in [-0.1, -0.05) is 24.3 Å². The number of ether oxygens (including phenoxy) is 1. The van der Waals surface area contributed by atoms with E-state index >= 15 is 0 Å². The van der Waals surface area contributed by atoms with Crippen molar-refractivity contribution in [2.75, 3.05) is 0 Å². The average Bonchev–Trinajstić information content (AvgIpc) is 3.17. The van der Waals surface area contributed by atoms with E-state index < -0.39 is 11.6 Å². The zero-order valence-electron chi connectivity index (χ0n) is 14.9. The maximum absolute atomic E-state index is 12.5. The monoisotopic (exact) mass is 384 g/mol. The Bertz CT molecular complexity index is 1420. The van der Waals surface area contributed by atoms with Gasteiger partial charge < -0.3 is 13.6 Å². The van der Waals surface area contributed by atoms with Crippen LogP contribution < -0.4 is 10.4 Å². The summed E-state index contributed by atoms with van der Waals surface area (Å²) in [4.78, 5) is 33.2. The van der Waals surface area contributed by atoms with Crippen LogP contribution in [0.1, 0.15) is 10.4 Å². The van der Waals surface area contributed by atoms with Crippen molar-refractivity contribution in [2.24, 2.45) is 0 Å². The molecule has 140 valence electrons. The quantitative estimate of drug-likeness (QED) is 0.261. The first-order valence-electron chi connectivity index (χ1n) is 8.74. The molecule has 0 aliphatic rings.